The van der Waals surface area contributed by atoms with Gasteiger partial charge >= 0.3 is 0 Å². The fourth-order valence-corrected chi connectivity index (χ4v) is 5.29. The molecule has 1 heterocycles. The van der Waals surface area contributed by atoms with E-state index in [2.05, 4.69) is 5.32 Å². The average Bonchev–Trinajstić information content (AvgIpc) is 3.22. The van der Waals surface area contributed by atoms with E-state index in [1.54, 1.807) is 11.8 Å². The van der Waals surface area contributed by atoms with Gasteiger partial charge in [-0.3, -0.25) is 14.5 Å². The van der Waals surface area contributed by atoms with E-state index in [0.717, 1.165) is 34.6 Å². The SMILES string of the molecule is CCC(C(=O)Nc1cccc(C2SCC(=O)N2c2ccc(N(C)C)cc2)c1)c1ccccc1. The monoisotopic (exact) mass is 459 g/mol. The molecule has 1 saturated heterocycles. The standard InChI is InChI=1S/C27H29N3O2S/c1-4-24(19-9-6-5-7-10-19)26(32)28-21-12-8-11-20(17-21)27-30(25(31)18-33-27)23-15-13-22(14-16-23)29(2)3/h5-17,24,27H,4,18H2,1-3H3,(H,28,32). The van der Waals surface area contributed by atoms with Crippen molar-refractivity contribution in [1.29, 1.82) is 0 Å². The van der Waals surface area contributed by atoms with Crippen molar-refractivity contribution in [3.8, 4) is 0 Å². The molecule has 4 rings (SSSR count). The molecule has 0 aromatic heterocycles. The lowest BCUT2D eigenvalue weighted by Crippen LogP contribution is -2.28. The van der Waals surface area contributed by atoms with Crippen LogP contribution < -0.4 is 15.1 Å². The van der Waals surface area contributed by atoms with Crippen LogP contribution in [0.3, 0.4) is 0 Å². The molecule has 2 atom stereocenters. The van der Waals surface area contributed by atoms with Gasteiger partial charge in [0.25, 0.3) is 0 Å². The van der Waals surface area contributed by atoms with Gasteiger partial charge in [0.1, 0.15) is 5.37 Å². The van der Waals surface area contributed by atoms with Gasteiger partial charge in [-0.1, -0.05) is 49.4 Å². The van der Waals surface area contributed by atoms with Crippen LogP contribution in [0.2, 0.25) is 0 Å². The van der Waals surface area contributed by atoms with Gasteiger partial charge in [0.05, 0.1) is 11.7 Å². The van der Waals surface area contributed by atoms with Crippen molar-refractivity contribution in [1.82, 2.24) is 0 Å². The third-order valence-electron chi connectivity index (χ3n) is 5.88. The molecule has 2 amide bonds. The van der Waals surface area contributed by atoms with Gasteiger partial charge in [0.15, 0.2) is 0 Å². The van der Waals surface area contributed by atoms with E-state index in [-0.39, 0.29) is 23.1 Å². The van der Waals surface area contributed by atoms with Gasteiger partial charge in [-0.2, -0.15) is 0 Å². The number of nitrogens with one attached hydrogen (secondary N) is 1. The molecule has 0 saturated carbocycles. The topological polar surface area (TPSA) is 52.7 Å². The predicted octanol–water partition coefficient (Wildman–Crippen LogP) is 5.66. The minimum Gasteiger partial charge on any atom is -0.378 e. The maximum atomic E-state index is 13.0. The van der Waals surface area contributed by atoms with Crippen LogP contribution in [0, 0.1) is 0 Å². The molecule has 6 heteroatoms. The molecule has 0 bridgehead atoms. The molecular weight excluding hydrogens is 430 g/mol. The molecule has 170 valence electrons. The largest absolute Gasteiger partial charge is 0.378 e. The summed E-state index contributed by atoms with van der Waals surface area (Å²) in [5, 5.41) is 2.95. The molecule has 33 heavy (non-hydrogen) atoms. The second-order valence-corrected chi connectivity index (χ2v) is 9.39. The van der Waals surface area contributed by atoms with Crippen molar-refractivity contribution in [3.63, 3.8) is 0 Å². The molecule has 1 aliphatic heterocycles. The van der Waals surface area contributed by atoms with Crippen LogP contribution in [0.15, 0.2) is 78.9 Å². The Bertz CT molecular complexity index is 1120. The van der Waals surface area contributed by atoms with E-state index >= 15 is 0 Å². The molecule has 5 nitrogen and oxygen atoms in total. The summed E-state index contributed by atoms with van der Waals surface area (Å²) in [6.07, 6.45) is 0.721. The number of carbonyl (C=O) groups is 2. The Morgan fingerprint density at radius 2 is 1.79 bits per heavy atom. The van der Waals surface area contributed by atoms with Gasteiger partial charge in [-0.15, -0.1) is 11.8 Å². The maximum Gasteiger partial charge on any atom is 0.238 e. The van der Waals surface area contributed by atoms with E-state index in [1.807, 2.05) is 110 Å². The number of anilines is 3. The Hall–Kier alpha value is -3.25. The summed E-state index contributed by atoms with van der Waals surface area (Å²) in [4.78, 5) is 29.7. The summed E-state index contributed by atoms with van der Waals surface area (Å²) in [6.45, 7) is 2.02. The van der Waals surface area contributed by atoms with Gasteiger partial charge in [0, 0.05) is 31.2 Å². The Kier molecular flexibility index (Phi) is 7.04. The lowest BCUT2D eigenvalue weighted by atomic mass is 9.95. The van der Waals surface area contributed by atoms with Gasteiger partial charge in [0.2, 0.25) is 11.8 Å². The number of benzene rings is 3. The molecule has 1 aliphatic rings. The number of carbonyl (C=O) groups excluding carboxylic acids is 2. The minimum absolute atomic E-state index is 0.0212. The molecule has 0 spiro atoms. The Morgan fingerprint density at radius 1 is 1.06 bits per heavy atom. The summed E-state index contributed by atoms with van der Waals surface area (Å²) in [6, 6.07) is 25.7. The van der Waals surface area contributed by atoms with Gasteiger partial charge in [-0.05, 0) is 53.9 Å². The summed E-state index contributed by atoms with van der Waals surface area (Å²) in [7, 11) is 3.99. The van der Waals surface area contributed by atoms with E-state index in [4.69, 9.17) is 0 Å². The summed E-state index contributed by atoms with van der Waals surface area (Å²) in [5.74, 6) is 0.297. The lowest BCUT2D eigenvalue weighted by Gasteiger charge is -2.25. The van der Waals surface area contributed by atoms with Crippen molar-refractivity contribution in [3.05, 3.63) is 90.0 Å². The van der Waals surface area contributed by atoms with Crippen molar-refractivity contribution in [2.45, 2.75) is 24.6 Å². The molecule has 1 fully saturated rings. The summed E-state index contributed by atoms with van der Waals surface area (Å²) < 4.78 is 0. The van der Waals surface area contributed by atoms with Crippen LogP contribution in [0.25, 0.3) is 0 Å². The highest BCUT2D eigenvalue weighted by molar-refractivity contribution is 8.00. The summed E-state index contributed by atoms with van der Waals surface area (Å²) >= 11 is 1.61. The van der Waals surface area contributed by atoms with Gasteiger partial charge < -0.3 is 10.2 Å². The quantitative estimate of drug-likeness (QED) is 0.495. The Balaban J connectivity index is 1.55. The molecule has 0 aliphatic carbocycles. The average molecular weight is 460 g/mol. The highest BCUT2D eigenvalue weighted by atomic mass is 32.2. The normalized spacial score (nSPS) is 16.5. The second kappa shape index (κ2) is 10.1. The Labute approximate surface area is 199 Å². The molecule has 3 aromatic carbocycles. The number of thioether (sulfide) groups is 1. The number of amides is 2. The van der Waals surface area contributed by atoms with Gasteiger partial charge in [-0.25, -0.2) is 0 Å². The highest BCUT2D eigenvalue weighted by Crippen LogP contribution is 2.42. The second-order valence-electron chi connectivity index (χ2n) is 8.32. The van der Waals surface area contributed by atoms with Crippen LogP contribution in [-0.2, 0) is 9.59 Å². The fourth-order valence-electron chi connectivity index (χ4n) is 4.12. The van der Waals surface area contributed by atoms with Crippen LogP contribution in [0.4, 0.5) is 17.1 Å². The lowest BCUT2D eigenvalue weighted by molar-refractivity contribution is -0.118. The highest BCUT2D eigenvalue weighted by Gasteiger charge is 2.34. The van der Waals surface area contributed by atoms with E-state index in [9.17, 15) is 9.59 Å². The first-order chi connectivity index (χ1) is 16.0. The third kappa shape index (κ3) is 5.06. The first-order valence-electron chi connectivity index (χ1n) is 11.1. The number of nitrogens with zero attached hydrogens (tertiary/aromatic N) is 2. The van der Waals surface area contributed by atoms with Crippen LogP contribution in [-0.4, -0.2) is 31.7 Å². The fraction of sp³-hybridized carbons (Fsp3) is 0.259. The van der Waals surface area contributed by atoms with Crippen molar-refractivity contribution >= 4 is 40.6 Å². The third-order valence-corrected chi connectivity index (χ3v) is 7.09. The number of hydrogen-bond donors (Lipinski definition) is 1. The predicted molar refractivity (Wildman–Crippen MR) is 138 cm³/mol. The van der Waals surface area contributed by atoms with Crippen LogP contribution in [0.1, 0.15) is 35.8 Å². The zero-order valence-corrected chi connectivity index (χ0v) is 20.0. The first kappa shape index (κ1) is 22.9. The number of hydrogen-bond acceptors (Lipinski definition) is 4. The maximum absolute atomic E-state index is 13.0. The van der Waals surface area contributed by atoms with Crippen LogP contribution >= 0.6 is 11.8 Å². The molecule has 0 radical (unpaired) electrons. The molecule has 3 aromatic rings. The zero-order valence-electron chi connectivity index (χ0n) is 19.2. The van der Waals surface area contributed by atoms with Crippen molar-refractivity contribution in [2.24, 2.45) is 0 Å². The minimum atomic E-state index is -0.205. The Morgan fingerprint density at radius 3 is 2.45 bits per heavy atom. The van der Waals surface area contributed by atoms with E-state index in [1.165, 1.54) is 0 Å². The van der Waals surface area contributed by atoms with Crippen molar-refractivity contribution in [2.75, 3.05) is 35.0 Å². The molecule has 1 N–H and O–H groups in total. The summed E-state index contributed by atoms with van der Waals surface area (Å²) in [5.41, 5.74) is 4.72. The van der Waals surface area contributed by atoms with Crippen LogP contribution in [0.5, 0.6) is 0 Å². The van der Waals surface area contributed by atoms with E-state index < -0.39 is 0 Å². The van der Waals surface area contributed by atoms with E-state index in [0.29, 0.717) is 5.75 Å². The molecule has 2 unspecified atom stereocenters. The zero-order chi connectivity index (χ0) is 23.4. The smallest absolute Gasteiger partial charge is 0.238 e. The number of rotatable bonds is 7. The molecular formula is C27H29N3O2S. The van der Waals surface area contributed by atoms with Crippen molar-refractivity contribution < 1.29 is 9.59 Å². The first-order valence-corrected chi connectivity index (χ1v) is 12.2.